The Morgan fingerprint density at radius 2 is 2.14 bits per heavy atom. The van der Waals surface area contributed by atoms with Crippen LogP contribution in [0.25, 0.3) is 0 Å². The first-order valence-electron chi connectivity index (χ1n) is 4.18. The van der Waals surface area contributed by atoms with E-state index in [1.165, 1.54) is 6.92 Å². The Balaban J connectivity index is 0.00000169. The highest BCUT2D eigenvalue weighted by Crippen LogP contribution is 2.21. The lowest BCUT2D eigenvalue weighted by Crippen LogP contribution is -2.01. The molecule has 0 spiro atoms. The number of Topliss-reactive ketones (excluding diaryl/α,β-unsaturated/α-hetero) is 1. The molecule has 78 valence electrons. The number of carbonyl (C=O) groups is 1. The van der Waals surface area contributed by atoms with Crippen molar-refractivity contribution in [2.75, 3.05) is 12.3 Å². The Hall–Kier alpha value is -1.22. The Labute approximate surface area is 89.7 Å². The first kappa shape index (κ1) is 12.8. The van der Waals surface area contributed by atoms with E-state index in [1.54, 1.807) is 18.2 Å². The SMILES string of the molecule is CCOc1ccc(N)cc1C(C)=O.Cl. The van der Waals surface area contributed by atoms with E-state index >= 15 is 0 Å². The van der Waals surface area contributed by atoms with Crippen molar-refractivity contribution in [1.29, 1.82) is 0 Å². The maximum atomic E-state index is 11.2. The summed E-state index contributed by atoms with van der Waals surface area (Å²) in [6.45, 7) is 3.92. The largest absolute Gasteiger partial charge is 0.493 e. The molecule has 0 amide bonds. The van der Waals surface area contributed by atoms with E-state index in [9.17, 15) is 4.79 Å². The second-order valence-corrected chi connectivity index (χ2v) is 2.74. The predicted octanol–water partition coefficient (Wildman–Crippen LogP) is 2.29. The number of anilines is 1. The normalized spacial score (nSPS) is 9.00. The van der Waals surface area contributed by atoms with E-state index in [4.69, 9.17) is 10.5 Å². The van der Waals surface area contributed by atoms with E-state index in [1.807, 2.05) is 6.92 Å². The predicted molar refractivity (Wildman–Crippen MR) is 59.3 cm³/mol. The molecule has 1 rings (SSSR count). The number of nitrogen functional groups attached to an aromatic ring is 1. The smallest absolute Gasteiger partial charge is 0.163 e. The van der Waals surface area contributed by atoms with Crippen LogP contribution >= 0.6 is 12.4 Å². The Kier molecular flexibility index (Phi) is 5.02. The molecule has 0 radical (unpaired) electrons. The first-order chi connectivity index (χ1) is 6.15. The van der Waals surface area contributed by atoms with E-state index < -0.39 is 0 Å². The number of rotatable bonds is 3. The quantitative estimate of drug-likeness (QED) is 0.622. The molecule has 0 aliphatic rings. The zero-order valence-corrected chi connectivity index (χ0v) is 9.06. The van der Waals surface area contributed by atoms with Crippen molar-refractivity contribution in [3.05, 3.63) is 23.8 Å². The van der Waals surface area contributed by atoms with E-state index in [2.05, 4.69) is 0 Å². The van der Waals surface area contributed by atoms with E-state index in [-0.39, 0.29) is 18.2 Å². The van der Waals surface area contributed by atoms with Gasteiger partial charge in [0, 0.05) is 5.69 Å². The van der Waals surface area contributed by atoms with Crippen LogP contribution < -0.4 is 10.5 Å². The van der Waals surface area contributed by atoms with Crippen LogP contribution in [-0.2, 0) is 0 Å². The Morgan fingerprint density at radius 3 is 2.64 bits per heavy atom. The Bertz CT molecular complexity index is 326. The van der Waals surface area contributed by atoms with Gasteiger partial charge in [-0.3, -0.25) is 4.79 Å². The number of carbonyl (C=O) groups excluding carboxylic acids is 1. The average Bonchev–Trinajstić information content (AvgIpc) is 2.08. The molecule has 0 aliphatic heterocycles. The summed E-state index contributed by atoms with van der Waals surface area (Å²) >= 11 is 0. The lowest BCUT2D eigenvalue weighted by Gasteiger charge is -2.07. The number of halogens is 1. The number of hydrogen-bond acceptors (Lipinski definition) is 3. The molecule has 1 aromatic rings. The van der Waals surface area contributed by atoms with Gasteiger partial charge in [0.15, 0.2) is 5.78 Å². The fraction of sp³-hybridized carbons (Fsp3) is 0.300. The minimum absolute atomic E-state index is 0. The molecule has 4 heteroatoms. The zero-order chi connectivity index (χ0) is 9.84. The zero-order valence-electron chi connectivity index (χ0n) is 8.24. The molecule has 0 unspecified atom stereocenters. The highest BCUT2D eigenvalue weighted by Gasteiger charge is 2.07. The monoisotopic (exact) mass is 215 g/mol. The van der Waals surface area contributed by atoms with Gasteiger partial charge in [0.2, 0.25) is 0 Å². The standard InChI is InChI=1S/C10H13NO2.ClH/c1-3-13-10-5-4-8(11)6-9(10)7(2)12;/h4-6H,3,11H2,1-2H3;1H. The molecular formula is C10H14ClNO2. The highest BCUT2D eigenvalue weighted by molar-refractivity contribution is 5.97. The van der Waals surface area contributed by atoms with Crippen LogP contribution in [0.3, 0.4) is 0 Å². The van der Waals surface area contributed by atoms with Crippen molar-refractivity contribution in [2.24, 2.45) is 0 Å². The maximum Gasteiger partial charge on any atom is 0.163 e. The summed E-state index contributed by atoms with van der Waals surface area (Å²) in [5, 5.41) is 0. The first-order valence-corrected chi connectivity index (χ1v) is 4.18. The van der Waals surface area contributed by atoms with Gasteiger partial charge in [0.1, 0.15) is 5.75 Å². The van der Waals surface area contributed by atoms with Gasteiger partial charge >= 0.3 is 0 Å². The summed E-state index contributed by atoms with van der Waals surface area (Å²) in [4.78, 5) is 11.2. The van der Waals surface area contributed by atoms with Gasteiger partial charge < -0.3 is 10.5 Å². The second kappa shape index (κ2) is 5.50. The van der Waals surface area contributed by atoms with Gasteiger partial charge in [0.05, 0.1) is 12.2 Å². The summed E-state index contributed by atoms with van der Waals surface area (Å²) in [5.74, 6) is 0.569. The van der Waals surface area contributed by atoms with Crippen LogP contribution in [0.2, 0.25) is 0 Å². The van der Waals surface area contributed by atoms with Gasteiger partial charge in [-0.2, -0.15) is 0 Å². The molecule has 0 saturated heterocycles. The van der Waals surface area contributed by atoms with E-state index in [0.29, 0.717) is 23.6 Å². The van der Waals surface area contributed by atoms with Crippen molar-refractivity contribution in [2.45, 2.75) is 13.8 Å². The summed E-state index contributed by atoms with van der Waals surface area (Å²) in [7, 11) is 0. The molecule has 1 aromatic carbocycles. The molecule has 14 heavy (non-hydrogen) atoms. The molecule has 3 nitrogen and oxygen atoms in total. The van der Waals surface area contributed by atoms with Crippen molar-refractivity contribution < 1.29 is 9.53 Å². The van der Waals surface area contributed by atoms with Gasteiger partial charge in [0.25, 0.3) is 0 Å². The van der Waals surface area contributed by atoms with Crippen LogP contribution in [0.5, 0.6) is 5.75 Å². The van der Waals surface area contributed by atoms with Crippen molar-refractivity contribution in [3.8, 4) is 5.75 Å². The molecule has 0 fully saturated rings. The van der Waals surface area contributed by atoms with Crippen molar-refractivity contribution >= 4 is 23.9 Å². The van der Waals surface area contributed by atoms with Gasteiger partial charge in [-0.25, -0.2) is 0 Å². The van der Waals surface area contributed by atoms with Crippen LogP contribution in [0, 0.1) is 0 Å². The molecule has 0 heterocycles. The molecule has 0 bridgehead atoms. The molecule has 2 N–H and O–H groups in total. The minimum Gasteiger partial charge on any atom is -0.493 e. The topological polar surface area (TPSA) is 52.3 Å². The molecular weight excluding hydrogens is 202 g/mol. The summed E-state index contributed by atoms with van der Waals surface area (Å²) in [5.41, 5.74) is 6.67. The van der Waals surface area contributed by atoms with Gasteiger partial charge in [-0.1, -0.05) is 0 Å². The number of ether oxygens (including phenoxy) is 1. The molecule has 0 saturated carbocycles. The van der Waals surface area contributed by atoms with Gasteiger partial charge in [-0.05, 0) is 32.0 Å². The Morgan fingerprint density at radius 1 is 1.50 bits per heavy atom. The summed E-state index contributed by atoms with van der Waals surface area (Å²) in [6, 6.07) is 5.07. The summed E-state index contributed by atoms with van der Waals surface area (Å²) < 4.78 is 5.28. The molecule has 0 aliphatic carbocycles. The fourth-order valence-corrected chi connectivity index (χ4v) is 1.10. The number of benzene rings is 1. The minimum atomic E-state index is -0.0317. The highest BCUT2D eigenvalue weighted by atomic mass is 35.5. The third-order valence-electron chi connectivity index (χ3n) is 1.68. The van der Waals surface area contributed by atoms with Gasteiger partial charge in [-0.15, -0.1) is 12.4 Å². The lowest BCUT2D eigenvalue weighted by molar-refractivity contribution is 0.101. The summed E-state index contributed by atoms with van der Waals surface area (Å²) in [6.07, 6.45) is 0. The fourth-order valence-electron chi connectivity index (χ4n) is 1.10. The van der Waals surface area contributed by atoms with Crippen LogP contribution in [0.4, 0.5) is 5.69 Å². The average molecular weight is 216 g/mol. The van der Waals surface area contributed by atoms with Crippen molar-refractivity contribution in [3.63, 3.8) is 0 Å². The lowest BCUT2D eigenvalue weighted by atomic mass is 10.1. The van der Waals surface area contributed by atoms with Crippen molar-refractivity contribution in [1.82, 2.24) is 0 Å². The molecule has 0 atom stereocenters. The third kappa shape index (κ3) is 2.92. The van der Waals surface area contributed by atoms with Crippen LogP contribution in [0.1, 0.15) is 24.2 Å². The molecule has 0 aromatic heterocycles. The number of hydrogen-bond donors (Lipinski definition) is 1. The second-order valence-electron chi connectivity index (χ2n) is 2.74. The van der Waals surface area contributed by atoms with Crippen LogP contribution in [-0.4, -0.2) is 12.4 Å². The van der Waals surface area contributed by atoms with E-state index in [0.717, 1.165) is 0 Å². The number of ketones is 1. The third-order valence-corrected chi connectivity index (χ3v) is 1.68. The maximum absolute atomic E-state index is 11.2. The number of nitrogens with two attached hydrogens (primary N) is 1. The van der Waals surface area contributed by atoms with Crippen LogP contribution in [0.15, 0.2) is 18.2 Å².